The van der Waals surface area contributed by atoms with Gasteiger partial charge in [0.25, 0.3) is 0 Å². The van der Waals surface area contributed by atoms with Crippen LogP contribution in [0, 0.1) is 0 Å². The van der Waals surface area contributed by atoms with Crippen LogP contribution in [0.5, 0.6) is 0 Å². The summed E-state index contributed by atoms with van der Waals surface area (Å²) in [4.78, 5) is 13.5. The number of hydrogen-bond donors (Lipinski definition) is 1. The van der Waals surface area contributed by atoms with E-state index in [1.54, 1.807) is 7.05 Å². The van der Waals surface area contributed by atoms with E-state index in [-0.39, 0.29) is 5.91 Å². The predicted octanol–water partition coefficient (Wildman–Crippen LogP) is 1.64. The highest BCUT2D eigenvalue weighted by atomic mass is 16.1. The Morgan fingerprint density at radius 2 is 2.00 bits per heavy atom. The molecule has 3 heteroatoms. The van der Waals surface area contributed by atoms with Gasteiger partial charge in [0.1, 0.15) is 0 Å². The second-order valence-electron chi connectivity index (χ2n) is 3.87. The third-order valence-electron chi connectivity index (χ3n) is 2.43. The summed E-state index contributed by atoms with van der Waals surface area (Å²) in [6, 6.07) is 10.2. The normalized spacial score (nSPS) is 10.4. The van der Waals surface area contributed by atoms with Crippen molar-refractivity contribution in [1.29, 1.82) is 0 Å². The maximum absolute atomic E-state index is 11.3. The van der Waals surface area contributed by atoms with E-state index in [1.165, 1.54) is 5.56 Å². The Hall–Kier alpha value is -1.35. The fraction of sp³-hybridized carbons (Fsp3) is 0.462. The summed E-state index contributed by atoms with van der Waals surface area (Å²) in [6.45, 7) is 4.38. The van der Waals surface area contributed by atoms with Crippen molar-refractivity contribution in [2.24, 2.45) is 0 Å². The first kappa shape index (κ1) is 12.7. The van der Waals surface area contributed by atoms with E-state index < -0.39 is 0 Å². The van der Waals surface area contributed by atoms with Crippen molar-refractivity contribution in [2.45, 2.75) is 19.9 Å². The summed E-state index contributed by atoms with van der Waals surface area (Å²) in [7, 11) is 1.68. The van der Waals surface area contributed by atoms with Crippen molar-refractivity contribution in [3.8, 4) is 0 Å². The molecule has 3 nitrogen and oxygen atoms in total. The van der Waals surface area contributed by atoms with Gasteiger partial charge in [-0.15, -0.1) is 0 Å². The second-order valence-corrected chi connectivity index (χ2v) is 3.87. The topological polar surface area (TPSA) is 32.3 Å². The molecule has 0 bridgehead atoms. The number of benzene rings is 1. The van der Waals surface area contributed by atoms with Crippen LogP contribution in [0.2, 0.25) is 0 Å². The van der Waals surface area contributed by atoms with Crippen LogP contribution in [0.1, 0.15) is 18.9 Å². The van der Waals surface area contributed by atoms with Gasteiger partial charge in [0.15, 0.2) is 0 Å². The lowest BCUT2D eigenvalue weighted by Gasteiger charge is -2.20. The number of nitrogens with one attached hydrogen (secondary N) is 1. The van der Waals surface area contributed by atoms with Gasteiger partial charge in [-0.3, -0.25) is 9.69 Å². The molecule has 0 aromatic heterocycles. The van der Waals surface area contributed by atoms with Gasteiger partial charge in [0.2, 0.25) is 5.91 Å². The lowest BCUT2D eigenvalue weighted by Crippen LogP contribution is -2.35. The van der Waals surface area contributed by atoms with Crippen molar-refractivity contribution < 1.29 is 4.79 Å². The van der Waals surface area contributed by atoms with Crippen molar-refractivity contribution in [3.05, 3.63) is 35.9 Å². The molecule has 0 aliphatic rings. The lowest BCUT2D eigenvalue weighted by molar-refractivity contribution is -0.121. The molecule has 88 valence electrons. The van der Waals surface area contributed by atoms with E-state index >= 15 is 0 Å². The first-order valence-corrected chi connectivity index (χ1v) is 5.73. The van der Waals surface area contributed by atoms with Gasteiger partial charge in [-0.25, -0.2) is 0 Å². The molecule has 0 fully saturated rings. The van der Waals surface area contributed by atoms with Gasteiger partial charge in [-0.05, 0) is 18.5 Å². The van der Waals surface area contributed by atoms with Crippen LogP contribution in [0.3, 0.4) is 0 Å². The minimum Gasteiger partial charge on any atom is -0.358 e. The molecule has 0 heterocycles. The summed E-state index contributed by atoms with van der Waals surface area (Å²) in [5.74, 6) is 0.0735. The molecule has 16 heavy (non-hydrogen) atoms. The molecule has 0 radical (unpaired) electrons. The van der Waals surface area contributed by atoms with Gasteiger partial charge < -0.3 is 5.32 Å². The zero-order valence-electron chi connectivity index (χ0n) is 10.1. The van der Waals surface area contributed by atoms with Gasteiger partial charge in [-0.1, -0.05) is 37.3 Å². The third kappa shape index (κ3) is 4.45. The summed E-state index contributed by atoms with van der Waals surface area (Å²) in [5.41, 5.74) is 1.25. The van der Waals surface area contributed by atoms with E-state index in [2.05, 4.69) is 29.3 Å². The summed E-state index contributed by atoms with van der Waals surface area (Å²) < 4.78 is 0. The highest BCUT2D eigenvalue weighted by Gasteiger charge is 2.08. The van der Waals surface area contributed by atoms with E-state index in [0.717, 1.165) is 19.5 Å². The Bertz CT molecular complexity index is 311. The molecule has 1 aromatic rings. The molecule has 0 saturated heterocycles. The third-order valence-corrected chi connectivity index (χ3v) is 2.43. The number of carbonyl (C=O) groups is 1. The minimum atomic E-state index is 0.0735. The van der Waals surface area contributed by atoms with Crippen LogP contribution in [0.25, 0.3) is 0 Å². The molecule has 0 aliphatic heterocycles. The van der Waals surface area contributed by atoms with Crippen molar-refractivity contribution in [2.75, 3.05) is 20.1 Å². The van der Waals surface area contributed by atoms with Crippen LogP contribution in [0.15, 0.2) is 30.3 Å². The number of amides is 1. The van der Waals surface area contributed by atoms with Gasteiger partial charge in [-0.2, -0.15) is 0 Å². The summed E-state index contributed by atoms with van der Waals surface area (Å²) >= 11 is 0. The number of nitrogens with zero attached hydrogens (tertiary/aromatic N) is 1. The number of carbonyl (C=O) groups excluding carboxylic acids is 1. The molecular weight excluding hydrogens is 200 g/mol. The van der Waals surface area contributed by atoms with E-state index in [1.807, 2.05) is 18.2 Å². The first-order valence-electron chi connectivity index (χ1n) is 5.73. The van der Waals surface area contributed by atoms with Gasteiger partial charge in [0, 0.05) is 13.6 Å². The zero-order valence-corrected chi connectivity index (χ0v) is 10.1. The van der Waals surface area contributed by atoms with Crippen LogP contribution in [0.4, 0.5) is 0 Å². The Kier molecular flexibility index (Phi) is 5.57. The maximum Gasteiger partial charge on any atom is 0.233 e. The van der Waals surface area contributed by atoms with E-state index in [9.17, 15) is 4.79 Å². The van der Waals surface area contributed by atoms with E-state index in [0.29, 0.717) is 6.54 Å². The van der Waals surface area contributed by atoms with Crippen molar-refractivity contribution in [1.82, 2.24) is 10.2 Å². The Balaban J connectivity index is 2.54. The fourth-order valence-corrected chi connectivity index (χ4v) is 1.65. The molecular formula is C13H20N2O. The molecule has 0 aliphatic carbocycles. The van der Waals surface area contributed by atoms with Crippen molar-refractivity contribution in [3.63, 3.8) is 0 Å². The van der Waals surface area contributed by atoms with Crippen LogP contribution < -0.4 is 5.32 Å². The number of rotatable bonds is 6. The SMILES string of the molecule is CCCN(CC(=O)NC)Cc1ccccc1. The molecule has 0 unspecified atom stereocenters. The molecule has 0 atom stereocenters. The zero-order chi connectivity index (χ0) is 11.8. The number of hydrogen-bond acceptors (Lipinski definition) is 2. The number of likely N-dealkylation sites (N-methyl/N-ethyl adjacent to an activating group) is 1. The second kappa shape index (κ2) is 7.01. The van der Waals surface area contributed by atoms with Gasteiger partial charge >= 0.3 is 0 Å². The lowest BCUT2D eigenvalue weighted by atomic mass is 10.2. The highest BCUT2D eigenvalue weighted by Crippen LogP contribution is 2.04. The molecule has 1 rings (SSSR count). The minimum absolute atomic E-state index is 0.0735. The Labute approximate surface area is 97.5 Å². The monoisotopic (exact) mass is 220 g/mol. The molecule has 1 N–H and O–H groups in total. The largest absolute Gasteiger partial charge is 0.358 e. The average molecular weight is 220 g/mol. The average Bonchev–Trinajstić information content (AvgIpc) is 2.30. The Morgan fingerprint density at radius 1 is 1.31 bits per heavy atom. The Morgan fingerprint density at radius 3 is 2.56 bits per heavy atom. The first-order chi connectivity index (χ1) is 7.76. The predicted molar refractivity (Wildman–Crippen MR) is 66.1 cm³/mol. The smallest absolute Gasteiger partial charge is 0.233 e. The van der Waals surface area contributed by atoms with Crippen LogP contribution in [-0.4, -0.2) is 30.9 Å². The molecule has 0 spiro atoms. The fourth-order valence-electron chi connectivity index (χ4n) is 1.65. The van der Waals surface area contributed by atoms with Crippen molar-refractivity contribution >= 4 is 5.91 Å². The summed E-state index contributed by atoms with van der Waals surface area (Å²) in [5, 5.41) is 2.66. The van der Waals surface area contributed by atoms with Crippen LogP contribution >= 0.6 is 0 Å². The maximum atomic E-state index is 11.3. The van der Waals surface area contributed by atoms with Gasteiger partial charge in [0.05, 0.1) is 6.54 Å². The molecule has 0 saturated carbocycles. The highest BCUT2D eigenvalue weighted by molar-refractivity contribution is 5.77. The standard InChI is InChI=1S/C13H20N2O/c1-3-9-15(11-13(16)14-2)10-12-7-5-4-6-8-12/h4-8H,3,9-11H2,1-2H3,(H,14,16). The van der Waals surface area contributed by atoms with Crippen LogP contribution in [-0.2, 0) is 11.3 Å². The molecule has 1 amide bonds. The quantitative estimate of drug-likeness (QED) is 0.790. The molecule has 1 aromatic carbocycles. The summed E-state index contributed by atoms with van der Waals surface area (Å²) in [6.07, 6.45) is 1.06. The van der Waals surface area contributed by atoms with E-state index in [4.69, 9.17) is 0 Å².